The molecule has 1 aliphatic rings. The summed E-state index contributed by atoms with van der Waals surface area (Å²) in [5, 5.41) is 38.8. The highest BCUT2D eigenvalue weighted by Gasteiger charge is 2.41. The first-order chi connectivity index (χ1) is 39.9. The Morgan fingerprint density at radius 2 is 1.17 bits per heavy atom. The molecule has 20 N–H and O–H groups in total. The van der Waals surface area contributed by atoms with Crippen molar-refractivity contribution in [2.24, 2.45) is 50.5 Å². The normalized spacial score (nSPS) is 16.1. The van der Waals surface area contributed by atoms with E-state index in [4.69, 9.17) is 28.7 Å². The van der Waals surface area contributed by atoms with E-state index in [1.54, 1.807) is 63.2 Å². The lowest BCUT2D eigenvalue weighted by Gasteiger charge is -2.31. The van der Waals surface area contributed by atoms with Crippen molar-refractivity contribution < 1.29 is 53.4 Å². The summed E-state index contributed by atoms with van der Waals surface area (Å²) in [5.74, 6) is -8.03. The molecule has 28 heteroatoms. The highest BCUT2D eigenvalue weighted by Crippen LogP contribution is 2.21. The zero-order valence-electron chi connectivity index (χ0n) is 48.3. The Labute approximate surface area is 488 Å². The van der Waals surface area contributed by atoms with E-state index in [-0.39, 0.29) is 107 Å². The molecule has 0 bridgehead atoms. The number of amides is 8. The van der Waals surface area contributed by atoms with Crippen LogP contribution in [-0.4, -0.2) is 164 Å². The van der Waals surface area contributed by atoms with Gasteiger partial charge in [0.2, 0.25) is 47.3 Å². The number of hydrogen-bond acceptors (Lipinski definition) is 14. The molecule has 460 valence electrons. The SMILES string of the molecule is CCC(C)C(N)C(=O)NC(C)C(=O)NC(CCCN=C(N)N)C(=O)NC(CCCN=C(N)N)C(=O)NC(Cc1cnc[nH]1)C(=O)N1CCCC1C(=O)NC(Cc1ccc(O)cc1)C(=O)NC(Cc1ccccc1)C(=O)NC(CC(C)C)C(=O)O. The predicted octanol–water partition coefficient (Wildman–Crippen LogP) is -1.84. The van der Waals surface area contributed by atoms with Crippen LogP contribution in [0.1, 0.15) is 103 Å². The number of benzene rings is 2. The number of guanidine groups is 2. The van der Waals surface area contributed by atoms with Crippen LogP contribution in [-0.2, 0) is 62.4 Å². The third kappa shape index (κ3) is 22.5. The first kappa shape index (κ1) is 67.7. The second-order valence-corrected chi connectivity index (χ2v) is 21.4. The number of carbonyl (C=O) groups excluding carboxylic acids is 8. The van der Waals surface area contributed by atoms with E-state index in [0.717, 1.165) is 0 Å². The number of carboxylic acids is 1. The van der Waals surface area contributed by atoms with Gasteiger partial charge in [0, 0.05) is 50.8 Å². The van der Waals surface area contributed by atoms with Gasteiger partial charge in [0.15, 0.2) is 11.9 Å². The number of phenols is 1. The molecule has 10 unspecified atom stereocenters. The molecule has 84 heavy (non-hydrogen) atoms. The van der Waals surface area contributed by atoms with Crippen LogP contribution in [0.5, 0.6) is 5.75 Å². The van der Waals surface area contributed by atoms with Gasteiger partial charge in [-0.2, -0.15) is 0 Å². The van der Waals surface area contributed by atoms with Gasteiger partial charge in [0.05, 0.1) is 12.4 Å². The largest absolute Gasteiger partial charge is 0.508 e. The monoisotopic (exact) mass is 1170 g/mol. The van der Waals surface area contributed by atoms with Gasteiger partial charge in [0.25, 0.3) is 0 Å². The van der Waals surface area contributed by atoms with Gasteiger partial charge in [-0.1, -0.05) is 76.6 Å². The number of nitrogens with zero attached hydrogens (tertiary/aromatic N) is 4. The van der Waals surface area contributed by atoms with E-state index in [9.17, 15) is 53.4 Å². The number of nitrogens with one attached hydrogen (secondary N) is 8. The number of aliphatic carboxylic acids is 1. The maximum Gasteiger partial charge on any atom is 0.326 e. The number of aromatic nitrogens is 2. The number of aromatic amines is 1. The van der Waals surface area contributed by atoms with Crippen molar-refractivity contribution in [2.75, 3.05) is 19.6 Å². The quantitative estimate of drug-likeness (QED) is 0.0177. The van der Waals surface area contributed by atoms with E-state index < -0.39 is 108 Å². The number of hydrogen-bond donors (Lipinski definition) is 15. The van der Waals surface area contributed by atoms with Crippen LogP contribution in [0.25, 0.3) is 0 Å². The average Bonchev–Trinajstić information content (AvgIpc) is 3.90. The lowest BCUT2D eigenvalue weighted by atomic mass is 9.99. The first-order valence-electron chi connectivity index (χ1n) is 28.2. The fourth-order valence-electron chi connectivity index (χ4n) is 9.23. The summed E-state index contributed by atoms with van der Waals surface area (Å²) in [6.45, 7) is 8.84. The van der Waals surface area contributed by atoms with Gasteiger partial charge in [-0.05, 0) is 87.0 Å². The topological polar surface area (TPSA) is 465 Å². The number of likely N-dealkylation sites (tertiary alicyclic amines) is 1. The molecule has 1 aromatic heterocycles. The number of carbonyl (C=O) groups is 9. The van der Waals surface area contributed by atoms with Gasteiger partial charge < -0.3 is 86.0 Å². The second kappa shape index (κ2) is 33.9. The molecule has 28 nitrogen and oxygen atoms in total. The number of H-pyrrole nitrogens is 1. The van der Waals surface area contributed by atoms with E-state index in [1.165, 1.54) is 36.5 Å². The van der Waals surface area contributed by atoms with Crippen molar-refractivity contribution in [3.8, 4) is 5.75 Å². The number of nitrogens with two attached hydrogens (primary N) is 5. The Bertz CT molecular complexity index is 2720. The average molecular weight is 1170 g/mol. The van der Waals surface area contributed by atoms with Gasteiger partial charge >= 0.3 is 5.97 Å². The molecular weight excluding hydrogens is 1090 g/mol. The third-order valence-electron chi connectivity index (χ3n) is 14.1. The summed E-state index contributed by atoms with van der Waals surface area (Å²) in [6, 6.07) is 3.31. The minimum atomic E-state index is -1.40. The molecule has 1 aliphatic heterocycles. The smallest absolute Gasteiger partial charge is 0.326 e. The minimum Gasteiger partial charge on any atom is -0.508 e. The number of rotatable bonds is 34. The molecule has 0 radical (unpaired) electrons. The van der Waals surface area contributed by atoms with Crippen LogP contribution >= 0.6 is 0 Å². The van der Waals surface area contributed by atoms with Gasteiger partial charge in [-0.15, -0.1) is 0 Å². The summed E-state index contributed by atoms with van der Waals surface area (Å²) < 4.78 is 0. The maximum absolute atomic E-state index is 15.0. The molecule has 8 amide bonds. The van der Waals surface area contributed by atoms with E-state index >= 15 is 0 Å². The molecular formula is C56H85N17O11. The number of phenolic OH excluding ortho intramolecular Hbond substituents is 1. The number of aliphatic imine (C=N–C) groups is 2. The van der Waals surface area contributed by atoms with Crippen LogP contribution < -0.4 is 65.9 Å². The molecule has 4 rings (SSSR count). The number of imidazole rings is 1. The summed E-state index contributed by atoms with van der Waals surface area (Å²) in [6.07, 6.45) is 3.83. The van der Waals surface area contributed by atoms with Crippen molar-refractivity contribution >= 4 is 65.1 Å². The molecule has 2 aromatic carbocycles. The Morgan fingerprint density at radius 3 is 1.69 bits per heavy atom. The van der Waals surface area contributed by atoms with Crippen LogP contribution in [0.15, 0.2) is 77.1 Å². The van der Waals surface area contributed by atoms with Crippen molar-refractivity contribution in [2.45, 2.75) is 160 Å². The molecule has 1 fully saturated rings. The van der Waals surface area contributed by atoms with Crippen molar-refractivity contribution in [3.63, 3.8) is 0 Å². The summed E-state index contributed by atoms with van der Waals surface area (Å²) in [4.78, 5) is 142. The fraction of sp³-hybridized carbons (Fsp3) is 0.536. The van der Waals surface area contributed by atoms with Gasteiger partial charge in [-0.25, -0.2) is 9.78 Å². The van der Waals surface area contributed by atoms with Crippen molar-refractivity contribution in [3.05, 3.63) is 83.9 Å². The Hall–Kier alpha value is -8.82. The highest BCUT2D eigenvalue weighted by molar-refractivity contribution is 5.98. The van der Waals surface area contributed by atoms with Crippen molar-refractivity contribution in [1.29, 1.82) is 0 Å². The van der Waals surface area contributed by atoms with Crippen LogP contribution in [0.3, 0.4) is 0 Å². The Balaban J connectivity index is 1.64. The van der Waals surface area contributed by atoms with E-state index in [2.05, 4.69) is 57.2 Å². The van der Waals surface area contributed by atoms with Crippen molar-refractivity contribution in [1.82, 2.24) is 52.1 Å². The summed E-state index contributed by atoms with van der Waals surface area (Å²) in [7, 11) is 0. The maximum atomic E-state index is 15.0. The third-order valence-corrected chi connectivity index (χ3v) is 14.1. The zero-order valence-corrected chi connectivity index (χ0v) is 48.3. The van der Waals surface area contributed by atoms with Crippen LogP contribution in [0.2, 0.25) is 0 Å². The summed E-state index contributed by atoms with van der Waals surface area (Å²) in [5.41, 5.74) is 29.9. The first-order valence-corrected chi connectivity index (χ1v) is 28.2. The molecule has 0 aliphatic carbocycles. The van der Waals surface area contributed by atoms with Gasteiger partial charge in [0.1, 0.15) is 54.1 Å². The lowest BCUT2D eigenvalue weighted by molar-refractivity contribution is -0.143. The Morgan fingerprint density at radius 1 is 0.655 bits per heavy atom. The molecule has 1 saturated heterocycles. The minimum absolute atomic E-state index is 0.0319. The lowest BCUT2D eigenvalue weighted by Crippen LogP contribution is -2.60. The number of aromatic hydroxyl groups is 1. The molecule has 0 spiro atoms. The predicted molar refractivity (Wildman–Crippen MR) is 313 cm³/mol. The van der Waals surface area contributed by atoms with E-state index in [1.807, 2.05) is 6.92 Å². The zero-order chi connectivity index (χ0) is 62.0. The molecule has 10 atom stereocenters. The second-order valence-electron chi connectivity index (χ2n) is 21.4. The highest BCUT2D eigenvalue weighted by atomic mass is 16.4. The standard InChI is InChI=1S/C56H85N17O11/c1-6-32(4)45(57)52(81)66-33(5)46(75)67-38(15-10-22-63-55(58)59)47(76)68-39(16-11-23-64-56(60)61)48(77)71-42(28-36-29-62-30-65-36)53(82)73-24-12-17-44(73)51(80)70-41(27-35-18-20-37(74)21-19-35)49(78)69-40(26-34-13-8-7-9-14-34)50(79)72-43(54(83)84)25-31(2)3/h7-9,13-14,18-21,29-33,38-45,74H,6,10-12,15-17,22-28,57H2,1-5H3,(H,62,65)(H,66,81)(H,67,75)(H,68,76)(H,69,78)(H,70,80)(H,71,77)(H,72,79)(H,83,84)(H4,58,59,63)(H4,60,61,64). The fourth-order valence-corrected chi connectivity index (χ4v) is 9.23. The number of carboxylic acid groups (broad SMARTS) is 1. The van der Waals surface area contributed by atoms with Gasteiger partial charge in [-0.3, -0.25) is 48.3 Å². The molecule has 2 heterocycles. The summed E-state index contributed by atoms with van der Waals surface area (Å²) >= 11 is 0. The Kier molecular flexibility index (Phi) is 27.4. The van der Waals surface area contributed by atoms with E-state index in [0.29, 0.717) is 29.7 Å². The van der Waals surface area contributed by atoms with Crippen LogP contribution in [0.4, 0.5) is 0 Å². The molecule has 0 saturated carbocycles. The van der Waals surface area contributed by atoms with Crippen LogP contribution in [0, 0.1) is 11.8 Å². The molecule has 3 aromatic rings.